The van der Waals surface area contributed by atoms with Crippen molar-refractivity contribution in [1.29, 1.82) is 0 Å². The van der Waals surface area contributed by atoms with Crippen LogP contribution in [0.4, 0.5) is 0 Å². The molecule has 0 radical (unpaired) electrons. The largest absolute Gasteiger partial charge is 0.505 e. The Balaban J connectivity index is 2.47. The second-order valence-corrected chi connectivity index (χ2v) is 4.27. The number of hydrogen-bond donors (Lipinski definition) is 1. The molecule has 0 saturated carbocycles. The van der Waals surface area contributed by atoms with Gasteiger partial charge in [-0.3, -0.25) is 4.84 Å². The van der Waals surface area contributed by atoms with Gasteiger partial charge in [0, 0.05) is 0 Å². The van der Waals surface area contributed by atoms with E-state index in [9.17, 15) is 5.11 Å². The van der Waals surface area contributed by atoms with Gasteiger partial charge in [-0.05, 0) is 17.3 Å². The molecule has 0 fully saturated rings. The minimum Gasteiger partial charge on any atom is -0.505 e. The molecule has 1 aromatic heterocycles. The molecule has 18 heavy (non-hydrogen) atoms. The van der Waals surface area contributed by atoms with Crippen molar-refractivity contribution in [2.24, 2.45) is 0 Å². The Morgan fingerprint density at radius 1 is 1.39 bits per heavy atom. The fourth-order valence-corrected chi connectivity index (χ4v) is 1.63. The number of benzene rings is 1. The van der Waals surface area contributed by atoms with Crippen LogP contribution < -0.4 is 4.84 Å². The van der Waals surface area contributed by atoms with Gasteiger partial charge in [-0.15, -0.1) is 5.10 Å². The molecule has 7 nitrogen and oxygen atoms in total. The zero-order valence-corrected chi connectivity index (χ0v) is 10.8. The number of rotatable bonds is 1. The number of aromatic hydroxyl groups is 1. The van der Waals surface area contributed by atoms with Crippen molar-refractivity contribution in [3.63, 3.8) is 0 Å². The number of hydrogen-bond acceptors (Lipinski definition) is 4. The third-order valence-electron chi connectivity index (χ3n) is 2.35. The van der Waals surface area contributed by atoms with E-state index < -0.39 is 0 Å². The van der Waals surface area contributed by atoms with Crippen molar-refractivity contribution in [3.8, 4) is 5.75 Å². The lowest BCUT2D eigenvalue weighted by molar-refractivity contribution is -0.480. The highest BCUT2D eigenvalue weighted by molar-refractivity contribution is 5.81. The molecular weight excluding hydrogens is 234 g/mol. The second-order valence-electron chi connectivity index (χ2n) is 4.27. The number of nitrogens with zero attached hydrogens (tertiary/aromatic N) is 5. The number of para-hydroxylation sites is 1. The predicted octanol–water partition coefficient (Wildman–Crippen LogP) is -0.245. The Kier molecular flexibility index (Phi) is 3.05. The normalized spacial score (nSPS) is 10.4. The van der Waals surface area contributed by atoms with Gasteiger partial charge in [0.05, 0.1) is 28.2 Å². The van der Waals surface area contributed by atoms with Crippen LogP contribution in [0.2, 0.25) is 0 Å². The summed E-state index contributed by atoms with van der Waals surface area (Å²) in [7, 11) is 7.42. The van der Waals surface area contributed by atoms with Gasteiger partial charge in [-0.25, -0.2) is 9.48 Å². The molecule has 2 aromatic rings. The second kappa shape index (κ2) is 4.52. The van der Waals surface area contributed by atoms with Gasteiger partial charge in [0.1, 0.15) is 11.3 Å². The lowest BCUT2D eigenvalue weighted by Crippen LogP contribution is -2.39. The van der Waals surface area contributed by atoms with Crippen LogP contribution in [0, 0.1) is 0 Å². The molecule has 0 unspecified atom stereocenters. The zero-order chi connectivity index (χ0) is 13.3. The van der Waals surface area contributed by atoms with Crippen molar-refractivity contribution < 1.29 is 14.5 Å². The molecule has 2 rings (SSSR count). The molecule has 0 atom stereocenters. The third-order valence-corrected chi connectivity index (χ3v) is 2.35. The van der Waals surface area contributed by atoms with E-state index in [-0.39, 0.29) is 5.75 Å². The fraction of sp³-hybridized carbons (Fsp3) is 0.364. The maximum absolute atomic E-state index is 9.81. The van der Waals surface area contributed by atoms with E-state index >= 15 is 0 Å². The van der Waals surface area contributed by atoms with Gasteiger partial charge in [0.25, 0.3) is 0 Å². The van der Waals surface area contributed by atoms with E-state index in [1.54, 1.807) is 27.7 Å². The standard InChI is InChI=1S/C11H15N5O2/c1-14(2)11(15(3)4)18-16-10-8(12-13-16)6-5-7-9(10)17/h5-7H,1-4H3/p+1. The van der Waals surface area contributed by atoms with E-state index in [2.05, 4.69) is 10.3 Å². The molecule has 1 aromatic carbocycles. The van der Waals surface area contributed by atoms with Crippen molar-refractivity contribution in [3.05, 3.63) is 18.2 Å². The Morgan fingerprint density at radius 3 is 2.72 bits per heavy atom. The molecule has 0 aliphatic heterocycles. The number of aromatic nitrogens is 3. The van der Waals surface area contributed by atoms with Gasteiger partial charge in [0.15, 0.2) is 5.52 Å². The van der Waals surface area contributed by atoms with Crippen LogP contribution in [-0.2, 0) is 0 Å². The van der Waals surface area contributed by atoms with E-state index in [0.29, 0.717) is 17.1 Å². The predicted molar refractivity (Wildman–Crippen MR) is 66.6 cm³/mol. The minimum atomic E-state index is 0.0781. The average molecular weight is 250 g/mol. The first-order chi connectivity index (χ1) is 8.50. The quantitative estimate of drug-likeness (QED) is 0.430. The molecule has 0 amide bonds. The first-order valence-electron chi connectivity index (χ1n) is 5.44. The highest BCUT2D eigenvalue weighted by Crippen LogP contribution is 2.21. The van der Waals surface area contributed by atoms with Gasteiger partial charge in [-0.2, -0.15) is 0 Å². The molecule has 0 aliphatic rings. The van der Waals surface area contributed by atoms with E-state index in [4.69, 9.17) is 4.84 Å². The summed E-state index contributed by atoms with van der Waals surface area (Å²) in [6.45, 7) is 0. The summed E-state index contributed by atoms with van der Waals surface area (Å²) >= 11 is 0. The Hall–Kier alpha value is -2.31. The molecule has 0 saturated heterocycles. The summed E-state index contributed by atoms with van der Waals surface area (Å²) in [5, 5.41) is 17.6. The molecule has 0 bridgehead atoms. The highest BCUT2D eigenvalue weighted by Gasteiger charge is 2.19. The van der Waals surface area contributed by atoms with Crippen molar-refractivity contribution >= 4 is 17.1 Å². The Labute approximate surface area is 104 Å². The third kappa shape index (κ3) is 2.06. The molecule has 1 N–H and O–H groups in total. The Morgan fingerprint density at radius 2 is 2.11 bits per heavy atom. The summed E-state index contributed by atoms with van der Waals surface area (Å²) in [5.41, 5.74) is 1.02. The van der Waals surface area contributed by atoms with Crippen LogP contribution in [0.15, 0.2) is 18.2 Å². The first kappa shape index (κ1) is 12.2. The van der Waals surface area contributed by atoms with Gasteiger partial charge in [-0.1, -0.05) is 10.9 Å². The number of fused-ring (bicyclic) bond motifs is 1. The van der Waals surface area contributed by atoms with Crippen LogP contribution in [0.25, 0.3) is 11.0 Å². The molecular formula is C11H16N5O2+. The number of phenols is 1. The van der Waals surface area contributed by atoms with Crippen molar-refractivity contribution in [2.75, 3.05) is 28.2 Å². The van der Waals surface area contributed by atoms with Gasteiger partial charge >= 0.3 is 6.02 Å². The van der Waals surface area contributed by atoms with E-state index in [1.165, 1.54) is 4.85 Å². The number of phenolic OH excluding ortho intramolecular Hbond substituents is 1. The van der Waals surface area contributed by atoms with E-state index in [0.717, 1.165) is 0 Å². The maximum atomic E-state index is 9.81. The molecule has 7 heteroatoms. The summed E-state index contributed by atoms with van der Waals surface area (Å²) in [4.78, 5) is 8.63. The highest BCUT2D eigenvalue weighted by atomic mass is 16.7. The average Bonchev–Trinajstić information content (AvgIpc) is 2.69. The van der Waals surface area contributed by atoms with Crippen LogP contribution >= 0.6 is 0 Å². The molecule has 0 aliphatic carbocycles. The summed E-state index contributed by atoms with van der Waals surface area (Å²) in [5.74, 6) is 0.0781. The lowest BCUT2D eigenvalue weighted by atomic mass is 10.3. The lowest BCUT2D eigenvalue weighted by Gasteiger charge is -2.10. The molecule has 96 valence electrons. The minimum absolute atomic E-state index is 0.0781. The van der Waals surface area contributed by atoms with E-state index in [1.807, 2.05) is 28.2 Å². The first-order valence-corrected chi connectivity index (χ1v) is 5.44. The monoisotopic (exact) mass is 250 g/mol. The van der Waals surface area contributed by atoms with Crippen LogP contribution in [-0.4, -0.2) is 64.0 Å². The van der Waals surface area contributed by atoms with Crippen LogP contribution in [0.3, 0.4) is 0 Å². The topological polar surface area (TPSA) is 66.4 Å². The summed E-state index contributed by atoms with van der Waals surface area (Å²) in [6.07, 6.45) is 0. The maximum Gasteiger partial charge on any atom is 0.471 e. The SMILES string of the molecule is CN(C)C(On1nnc2cccc(O)c21)=[N+](C)C. The fourth-order valence-electron chi connectivity index (χ4n) is 1.63. The number of amidine groups is 1. The van der Waals surface area contributed by atoms with Crippen LogP contribution in [0.1, 0.15) is 0 Å². The van der Waals surface area contributed by atoms with Crippen molar-refractivity contribution in [1.82, 2.24) is 20.1 Å². The molecule has 0 spiro atoms. The van der Waals surface area contributed by atoms with Gasteiger partial charge < -0.3 is 5.11 Å². The van der Waals surface area contributed by atoms with Crippen molar-refractivity contribution in [2.45, 2.75) is 0 Å². The summed E-state index contributed by atoms with van der Waals surface area (Å²) < 4.78 is 1.80. The zero-order valence-electron chi connectivity index (χ0n) is 10.8. The Bertz CT molecular complexity index is 598. The summed E-state index contributed by atoms with van der Waals surface area (Å²) in [6, 6.07) is 5.60. The smallest absolute Gasteiger partial charge is 0.471 e. The van der Waals surface area contributed by atoms with Gasteiger partial charge in [0.2, 0.25) is 0 Å². The van der Waals surface area contributed by atoms with Crippen LogP contribution in [0.5, 0.6) is 5.75 Å². The molecule has 1 heterocycles.